The molecule has 0 aliphatic carbocycles. The maximum atomic E-state index is 11.5. The summed E-state index contributed by atoms with van der Waals surface area (Å²) in [6.45, 7) is 1.72. The first-order valence-electron chi connectivity index (χ1n) is 4.54. The number of aromatic carboxylic acids is 1. The minimum atomic E-state index is -1.06. The van der Waals surface area contributed by atoms with E-state index in [9.17, 15) is 9.59 Å². The standard InChI is InChI=1S/C11H12O3S/c1-3-10(12)9-6-7(15-2)4-5-8(9)11(13)14/h4-6H,3H2,1-2H3,(H,13,14). The largest absolute Gasteiger partial charge is 0.478 e. The van der Waals surface area contributed by atoms with Gasteiger partial charge in [0.05, 0.1) is 5.56 Å². The van der Waals surface area contributed by atoms with Gasteiger partial charge in [-0.05, 0) is 24.5 Å². The Morgan fingerprint density at radius 1 is 1.33 bits per heavy atom. The third-order valence-electron chi connectivity index (χ3n) is 2.08. The van der Waals surface area contributed by atoms with Crippen molar-refractivity contribution in [1.82, 2.24) is 0 Å². The maximum absolute atomic E-state index is 11.5. The monoisotopic (exact) mass is 224 g/mol. The Balaban J connectivity index is 3.28. The van der Waals surface area contributed by atoms with Gasteiger partial charge < -0.3 is 5.11 Å². The summed E-state index contributed by atoms with van der Waals surface area (Å²) in [5.41, 5.74) is 0.386. The highest BCUT2D eigenvalue weighted by molar-refractivity contribution is 7.98. The number of rotatable bonds is 4. The molecule has 0 bridgehead atoms. The van der Waals surface area contributed by atoms with E-state index in [1.54, 1.807) is 19.1 Å². The molecule has 1 aromatic rings. The van der Waals surface area contributed by atoms with Gasteiger partial charge in [0, 0.05) is 16.9 Å². The van der Waals surface area contributed by atoms with Gasteiger partial charge in [-0.1, -0.05) is 6.92 Å². The van der Waals surface area contributed by atoms with Gasteiger partial charge in [-0.15, -0.1) is 11.8 Å². The molecule has 0 aliphatic rings. The molecule has 0 amide bonds. The second-order valence-electron chi connectivity index (χ2n) is 2.99. The molecule has 4 heteroatoms. The summed E-state index contributed by atoms with van der Waals surface area (Å²) in [6.07, 6.45) is 2.20. The number of carbonyl (C=O) groups excluding carboxylic acids is 1. The number of benzene rings is 1. The first-order valence-corrected chi connectivity index (χ1v) is 5.77. The molecule has 0 heterocycles. The minimum absolute atomic E-state index is 0.0830. The first kappa shape index (κ1) is 11.8. The first-order chi connectivity index (χ1) is 7.10. The molecule has 0 atom stereocenters. The third kappa shape index (κ3) is 2.59. The molecule has 0 aromatic heterocycles. The van der Waals surface area contributed by atoms with Crippen molar-refractivity contribution in [2.45, 2.75) is 18.2 Å². The summed E-state index contributed by atoms with van der Waals surface area (Å²) in [4.78, 5) is 23.3. The van der Waals surface area contributed by atoms with Crippen LogP contribution in [0.3, 0.4) is 0 Å². The van der Waals surface area contributed by atoms with E-state index in [1.165, 1.54) is 17.8 Å². The smallest absolute Gasteiger partial charge is 0.336 e. The van der Waals surface area contributed by atoms with E-state index in [0.29, 0.717) is 12.0 Å². The molecule has 1 aromatic carbocycles. The SMILES string of the molecule is CCC(=O)c1cc(SC)ccc1C(=O)O. The van der Waals surface area contributed by atoms with Crippen molar-refractivity contribution < 1.29 is 14.7 Å². The van der Waals surface area contributed by atoms with Crippen LogP contribution in [0.25, 0.3) is 0 Å². The topological polar surface area (TPSA) is 54.4 Å². The molecule has 1 N–H and O–H groups in total. The summed E-state index contributed by atoms with van der Waals surface area (Å²) >= 11 is 1.49. The van der Waals surface area contributed by atoms with Crippen LogP contribution < -0.4 is 0 Å². The molecule has 1 rings (SSSR count). The third-order valence-corrected chi connectivity index (χ3v) is 2.80. The van der Waals surface area contributed by atoms with E-state index in [2.05, 4.69) is 0 Å². The molecular weight excluding hydrogens is 212 g/mol. The second-order valence-corrected chi connectivity index (χ2v) is 3.87. The van der Waals surface area contributed by atoms with Crippen molar-refractivity contribution in [3.8, 4) is 0 Å². The van der Waals surface area contributed by atoms with Crippen LogP contribution in [0.15, 0.2) is 23.1 Å². The Kier molecular flexibility index (Phi) is 3.91. The summed E-state index contributed by atoms with van der Waals surface area (Å²) in [5.74, 6) is -1.19. The van der Waals surface area contributed by atoms with Gasteiger partial charge in [-0.2, -0.15) is 0 Å². The van der Waals surface area contributed by atoms with Crippen LogP contribution in [-0.4, -0.2) is 23.1 Å². The van der Waals surface area contributed by atoms with E-state index < -0.39 is 5.97 Å². The van der Waals surface area contributed by atoms with Crippen molar-refractivity contribution in [2.24, 2.45) is 0 Å². The molecule has 80 valence electrons. The fourth-order valence-electron chi connectivity index (χ4n) is 1.26. The van der Waals surface area contributed by atoms with Gasteiger partial charge in [0.2, 0.25) is 0 Å². The van der Waals surface area contributed by atoms with Crippen molar-refractivity contribution in [1.29, 1.82) is 0 Å². The number of Topliss-reactive ketones (excluding diaryl/α,β-unsaturated/α-hetero) is 1. The van der Waals surface area contributed by atoms with E-state index in [1.807, 2.05) is 6.26 Å². The lowest BCUT2D eigenvalue weighted by atomic mass is 10.0. The van der Waals surface area contributed by atoms with Gasteiger partial charge in [-0.25, -0.2) is 4.79 Å². The van der Waals surface area contributed by atoms with Crippen LogP contribution in [0.2, 0.25) is 0 Å². The summed E-state index contributed by atoms with van der Waals surface area (Å²) in [5, 5.41) is 8.91. The molecule has 15 heavy (non-hydrogen) atoms. The van der Waals surface area contributed by atoms with E-state index in [4.69, 9.17) is 5.11 Å². The highest BCUT2D eigenvalue weighted by Crippen LogP contribution is 2.20. The Hall–Kier alpha value is -1.29. The van der Waals surface area contributed by atoms with E-state index >= 15 is 0 Å². The van der Waals surface area contributed by atoms with E-state index in [0.717, 1.165) is 4.90 Å². The molecule has 0 aliphatic heterocycles. The fourth-order valence-corrected chi connectivity index (χ4v) is 1.70. The average molecular weight is 224 g/mol. The highest BCUT2D eigenvalue weighted by atomic mass is 32.2. The number of carboxylic acid groups (broad SMARTS) is 1. The lowest BCUT2D eigenvalue weighted by molar-refractivity contribution is 0.0692. The van der Waals surface area contributed by atoms with Crippen LogP contribution >= 0.6 is 11.8 Å². The van der Waals surface area contributed by atoms with Crippen LogP contribution in [0, 0.1) is 0 Å². The second kappa shape index (κ2) is 4.98. The lowest BCUT2D eigenvalue weighted by Gasteiger charge is -2.05. The zero-order valence-electron chi connectivity index (χ0n) is 8.61. The predicted octanol–water partition coefficient (Wildman–Crippen LogP) is 2.70. The lowest BCUT2D eigenvalue weighted by Crippen LogP contribution is -2.07. The zero-order valence-corrected chi connectivity index (χ0v) is 9.43. The number of ketones is 1. The number of carboxylic acids is 1. The highest BCUT2D eigenvalue weighted by Gasteiger charge is 2.15. The average Bonchev–Trinajstić information content (AvgIpc) is 2.26. The molecule has 0 saturated heterocycles. The van der Waals surface area contributed by atoms with Gasteiger partial charge >= 0.3 is 5.97 Å². The van der Waals surface area contributed by atoms with Crippen LogP contribution in [0.5, 0.6) is 0 Å². The summed E-state index contributed by atoms with van der Waals surface area (Å²) in [6, 6.07) is 4.83. The van der Waals surface area contributed by atoms with Crippen LogP contribution in [-0.2, 0) is 0 Å². The van der Waals surface area contributed by atoms with Crippen molar-refractivity contribution >= 4 is 23.5 Å². The van der Waals surface area contributed by atoms with Gasteiger partial charge in [-0.3, -0.25) is 4.79 Å². The van der Waals surface area contributed by atoms with Gasteiger partial charge in [0.15, 0.2) is 5.78 Å². The van der Waals surface area contributed by atoms with Crippen molar-refractivity contribution in [2.75, 3.05) is 6.26 Å². The van der Waals surface area contributed by atoms with Crippen molar-refractivity contribution in [3.63, 3.8) is 0 Å². The molecule has 0 spiro atoms. The number of hydrogen-bond donors (Lipinski definition) is 1. The molecule has 0 saturated carbocycles. The molecule has 3 nitrogen and oxygen atoms in total. The summed E-state index contributed by atoms with van der Waals surface area (Å²) in [7, 11) is 0. The summed E-state index contributed by atoms with van der Waals surface area (Å²) < 4.78 is 0. The molecule has 0 radical (unpaired) electrons. The zero-order chi connectivity index (χ0) is 11.4. The number of hydrogen-bond acceptors (Lipinski definition) is 3. The predicted molar refractivity (Wildman–Crippen MR) is 59.8 cm³/mol. The molecular formula is C11H12O3S. The fraction of sp³-hybridized carbons (Fsp3) is 0.273. The van der Waals surface area contributed by atoms with Crippen molar-refractivity contribution in [3.05, 3.63) is 29.3 Å². The molecule has 0 fully saturated rings. The Labute approximate surface area is 92.5 Å². The van der Waals surface area contributed by atoms with Crippen LogP contribution in [0.4, 0.5) is 0 Å². The number of thioether (sulfide) groups is 1. The quantitative estimate of drug-likeness (QED) is 0.631. The van der Waals surface area contributed by atoms with E-state index in [-0.39, 0.29) is 11.3 Å². The van der Waals surface area contributed by atoms with Crippen LogP contribution in [0.1, 0.15) is 34.1 Å². The van der Waals surface area contributed by atoms with Gasteiger partial charge in [0.1, 0.15) is 0 Å². The Morgan fingerprint density at radius 3 is 2.47 bits per heavy atom. The maximum Gasteiger partial charge on any atom is 0.336 e. The molecule has 0 unspecified atom stereocenters. The minimum Gasteiger partial charge on any atom is -0.478 e. The normalized spacial score (nSPS) is 10.0. The van der Waals surface area contributed by atoms with Gasteiger partial charge in [0.25, 0.3) is 0 Å². The Morgan fingerprint density at radius 2 is 2.00 bits per heavy atom. The number of carbonyl (C=O) groups is 2. The Bertz CT molecular complexity index is 399.